The van der Waals surface area contributed by atoms with E-state index in [0.717, 1.165) is 35.2 Å². The van der Waals surface area contributed by atoms with Crippen molar-refractivity contribution in [2.45, 2.75) is 43.5 Å². The average molecular weight is 305 g/mol. The van der Waals surface area contributed by atoms with E-state index in [4.69, 9.17) is 16.3 Å². The molecule has 1 heterocycles. The zero-order valence-corrected chi connectivity index (χ0v) is 13.1. The highest BCUT2D eigenvalue weighted by atomic mass is 35.5. The lowest BCUT2D eigenvalue weighted by atomic mass is 10.1. The summed E-state index contributed by atoms with van der Waals surface area (Å²) in [7, 11) is 1.70. The maximum Gasteiger partial charge on any atom is 0.134 e. The molecule has 1 aliphatic rings. The van der Waals surface area contributed by atoms with Crippen LogP contribution in [0.25, 0.3) is 10.8 Å². The molecule has 3 rings (SSSR count). The molecule has 1 aromatic heterocycles. The van der Waals surface area contributed by atoms with Gasteiger partial charge < -0.3 is 10.1 Å². The van der Waals surface area contributed by atoms with Crippen molar-refractivity contribution in [1.82, 2.24) is 4.98 Å². The van der Waals surface area contributed by atoms with Crippen molar-refractivity contribution >= 4 is 28.2 Å². The number of pyridine rings is 1. The number of halogens is 1. The van der Waals surface area contributed by atoms with Crippen LogP contribution in [0.15, 0.2) is 30.5 Å². The number of ether oxygens (including phenoxy) is 1. The van der Waals surface area contributed by atoms with Gasteiger partial charge in [-0.1, -0.05) is 31.4 Å². The molecule has 1 aromatic carbocycles. The van der Waals surface area contributed by atoms with Gasteiger partial charge in [0.05, 0.1) is 12.5 Å². The first-order chi connectivity index (χ1) is 10.3. The van der Waals surface area contributed by atoms with Crippen molar-refractivity contribution in [3.63, 3.8) is 0 Å². The van der Waals surface area contributed by atoms with Gasteiger partial charge in [-0.3, -0.25) is 0 Å². The Balaban J connectivity index is 1.93. The first-order valence-corrected chi connectivity index (χ1v) is 8.05. The monoisotopic (exact) mass is 304 g/mol. The predicted octanol–water partition coefficient (Wildman–Crippen LogP) is 4.60. The largest absolute Gasteiger partial charge is 0.496 e. The van der Waals surface area contributed by atoms with Crippen LogP contribution in [0.1, 0.15) is 32.1 Å². The molecule has 3 nitrogen and oxygen atoms in total. The number of rotatable bonds is 3. The third-order valence-electron chi connectivity index (χ3n) is 4.24. The molecule has 0 radical (unpaired) electrons. The Hall–Kier alpha value is -1.48. The second-order valence-corrected chi connectivity index (χ2v) is 6.18. The van der Waals surface area contributed by atoms with Crippen LogP contribution in [0.5, 0.6) is 5.75 Å². The Morgan fingerprint density at radius 2 is 2.00 bits per heavy atom. The van der Waals surface area contributed by atoms with Gasteiger partial charge in [-0.2, -0.15) is 0 Å². The molecule has 21 heavy (non-hydrogen) atoms. The van der Waals surface area contributed by atoms with Crippen molar-refractivity contribution in [2.24, 2.45) is 0 Å². The van der Waals surface area contributed by atoms with Crippen molar-refractivity contribution in [3.05, 3.63) is 30.5 Å². The Morgan fingerprint density at radius 3 is 2.86 bits per heavy atom. The van der Waals surface area contributed by atoms with Gasteiger partial charge >= 0.3 is 0 Å². The van der Waals surface area contributed by atoms with Crippen LogP contribution in [0, 0.1) is 0 Å². The molecular formula is C17H21ClN2O. The Morgan fingerprint density at radius 1 is 1.14 bits per heavy atom. The van der Waals surface area contributed by atoms with Gasteiger partial charge in [0.25, 0.3) is 0 Å². The molecular weight excluding hydrogens is 284 g/mol. The third-order valence-corrected chi connectivity index (χ3v) is 4.76. The summed E-state index contributed by atoms with van der Waals surface area (Å²) in [6, 6.07) is 8.33. The quantitative estimate of drug-likeness (QED) is 0.665. The summed E-state index contributed by atoms with van der Waals surface area (Å²) in [5, 5.41) is 5.91. The molecule has 0 saturated heterocycles. The Bertz CT molecular complexity index is 617. The van der Waals surface area contributed by atoms with Gasteiger partial charge in [-0.25, -0.2) is 4.98 Å². The Kier molecular flexibility index (Phi) is 4.49. The maximum absolute atomic E-state index is 6.53. The average Bonchev–Trinajstić information content (AvgIpc) is 2.72. The number of benzene rings is 1. The number of nitrogens with zero attached hydrogens (tertiary/aromatic N) is 1. The summed E-state index contributed by atoms with van der Waals surface area (Å²) in [6.45, 7) is 0. The minimum absolute atomic E-state index is 0.176. The zero-order chi connectivity index (χ0) is 14.7. The third kappa shape index (κ3) is 3.08. The number of methoxy groups -OCH3 is 1. The lowest BCUT2D eigenvalue weighted by Gasteiger charge is -2.22. The molecule has 0 bridgehead atoms. The highest BCUT2D eigenvalue weighted by Crippen LogP contribution is 2.31. The van der Waals surface area contributed by atoms with Crippen LogP contribution >= 0.6 is 11.6 Å². The maximum atomic E-state index is 6.53. The topological polar surface area (TPSA) is 34.1 Å². The van der Waals surface area contributed by atoms with Gasteiger partial charge in [0.2, 0.25) is 0 Å². The fourth-order valence-electron chi connectivity index (χ4n) is 3.07. The van der Waals surface area contributed by atoms with Crippen LogP contribution in [-0.4, -0.2) is 23.5 Å². The van der Waals surface area contributed by atoms with Gasteiger partial charge in [-0.05, 0) is 25.0 Å². The lowest BCUT2D eigenvalue weighted by Crippen LogP contribution is -2.29. The molecule has 112 valence electrons. The zero-order valence-electron chi connectivity index (χ0n) is 12.3. The van der Waals surface area contributed by atoms with E-state index in [1.54, 1.807) is 7.11 Å². The number of nitrogens with one attached hydrogen (secondary N) is 1. The van der Waals surface area contributed by atoms with Crippen molar-refractivity contribution in [2.75, 3.05) is 12.4 Å². The molecule has 4 heteroatoms. The number of hydrogen-bond donors (Lipinski definition) is 1. The molecule has 1 saturated carbocycles. The van der Waals surface area contributed by atoms with Crippen molar-refractivity contribution in [1.29, 1.82) is 0 Å². The van der Waals surface area contributed by atoms with E-state index in [-0.39, 0.29) is 5.38 Å². The number of anilines is 1. The van der Waals surface area contributed by atoms with E-state index >= 15 is 0 Å². The first-order valence-electron chi connectivity index (χ1n) is 7.62. The molecule has 0 aliphatic heterocycles. The van der Waals surface area contributed by atoms with Crippen LogP contribution in [-0.2, 0) is 0 Å². The fourth-order valence-corrected chi connectivity index (χ4v) is 3.42. The molecule has 0 spiro atoms. The summed E-state index contributed by atoms with van der Waals surface area (Å²) in [5.74, 6) is 1.78. The minimum Gasteiger partial charge on any atom is -0.496 e. The van der Waals surface area contributed by atoms with Gasteiger partial charge in [-0.15, -0.1) is 11.6 Å². The highest BCUT2D eigenvalue weighted by molar-refractivity contribution is 6.21. The summed E-state index contributed by atoms with van der Waals surface area (Å²) in [5.41, 5.74) is 0. The SMILES string of the molecule is COc1cccc2c(NC3CCCCCC3Cl)nccc12. The van der Waals surface area contributed by atoms with Crippen LogP contribution in [0.3, 0.4) is 0 Å². The summed E-state index contributed by atoms with van der Waals surface area (Å²) in [6.07, 6.45) is 7.74. The van der Waals surface area contributed by atoms with Crippen LogP contribution in [0.2, 0.25) is 0 Å². The molecule has 1 aliphatic carbocycles. The smallest absolute Gasteiger partial charge is 0.134 e. The van der Waals surface area contributed by atoms with Crippen LogP contribution < -0.4 is 10.1 Å². The van der Waals surface area contributed by atoms with E-state index in [9.17, 15) is 0 Å². The Labute approximate surface area is 130 Å². The molecule has 2 unspecified atom stereocenters. The normalized spacial score (nSPS) is 22.8. The minimum atomic E-state index is 0.176. The first kappa shape index (κ1) is 14.5. The van der Waals surface area contributed by atoms with E-state index in [2.05, 4.69) is 16.4 Å². The molecule has 1 fully saturated rings. The molecule has 1 N–H and O–H groups in total. The fraction of sp³-hybridized carbons (Fsp3) is 0.471. The van der Waals surface area contributed by atoms with E-state index < -0.39 is 0 Å². The van der Waals surface area contributed by atoms with Gasteiger partial charge in [0, 0.05) is 23.0 Å². The van der Waals surface area contributed by atoms with E-state index in [0.29, 0.717) is 6.04 Å². The summed E-state index contributed by atoms with van der Waals surface area (Å²) < 4.78 is 5.43. The predicted molar refractivity (Wildman–Crippen MR) is 88.4 cm³/mol. The highest BCUT2D eigenvalue weighted by Gasteiger charge is 2.22. The van der Waals surface area contributed by atoms with E-state index in [1.807, 2.05) is 24.4 Å². The number of aromatic nitrogens is 1. The molecule has 2 atom stereocenters. The molecule has 2 aromatic rings. The molecule has 0 amide bonds. The van der Waals surface area contributed by atoms with Crippen molar-refractivity contribution < 1.29 is 4.74 Å². The number of alkyl halides is 1. The van der Waals surface area contributed by atoms with Gasteiger partial charge in [0.15, 0.2) is 0 Å². The summed E-state index contributed by atoms with van der Waals surface area (Å²) >= 11 is 6.53. The van der Waals surface area contributed by atoms with Crippen molar-refractivity contribution in [3.8, 4) is 5.75 Å². The number of hydrogen-bond acceptors (Lipinski definition) is 3. The second-order valence-electron chi connectivity index (χ2n) is 5.62. The van der Waals surface area contributed by atoms with E-state index in [1.165, 1.54) is 19.3 Å². The second kappa shape index (κ2) is 6.52. The standard InChI is InChI=1S/C17H21ClN2O/c1-21-16-9-5-6-13-12(16)10-11-19-17(13)20-15-8-4-2-3-7-14(15)18/h5-6,9-11,14-15H,2-4,7-8H2,1H3,(H,19,20). The van der Waals surface area contributed by atoms with Crippen LogP contribution in [0.4, 0.5) is 5.82 Å². The van der Waals surface area contributed by atoms with Gasteiger partial charge in [0.1, 0.15) is 11.6 Å². The number of fused-ring (bicyclic) bond motifs is 1. The lowest BCUT2D eigenvalue weighted by molar-refractivity contribution is 0.420. The summed E-state index contributed by atoms with van der Waals surface area (Å²) in [4.78, 5) is 4.52.